The van der Waals surface area contributed by atoms with Gasteiger partial charge < -0.3 is 10.1 Å². The highest BCUT2D eigenvalue weighted by atomic mass is 16.5. The molecular weight excluding hydrogens is 176 g/mol. The van der Waals surface area contributed by atoms with E-state index >= 15 is 0 Å². The molecule has 3 heteroatoms. The van der Waals surface area contributed by atoms with Crippen molar-refractivity contribution in [3.05, 3.63) is 35.0 Å². The maximum Gasteiger partial charge on any atom is 0.238 e. The summed E-state index contributed by atoms with van der Waals surface area (Å²) in [6, 6.07) is 8.09. The molecule has 1 saturated heterocycles. The molecule has 0 aliphatic carbocycles. The normalized spacial score (nSPS) is 24.1. The Morgan fingerprint density at radius 1 is 1.36 bits per heavy atom. The molecule has 0 radical (unpaired) electrons. The van der Waals surface area contributed by atoms with Crippen molar-refractivity contribution in [3.8, 4) is 0 Å². The van der Waals surface area contributed by atoms with E-state index in [9.17, 15) is 5.21 Å². The fraction of sp³-hybridized carbons (Fsp3) is 0.364. The summed E-state index contributed by atoms with van der Waals surface area (Å²) in [5, 5.41) is 11.7. The lowest BCUT2D eigenvalue weighted by atomic mass is 10.1. The Morgan fingerprint density at radius 3 is 3.14 bits per heavy atom. The van der Waals surface area contributed by atoms with E-state index in [0.717, 1.165) is 29.7 Å². The average Bonchev–Trinajstić information content (AvgIpc) is 2.67. The third-order valence-electron chi connectivity index (χ3n) is 3.03. The molecule has 72 valence electrons. The van der Waals surface area contributed by atoms with Crippen LogP contribution in [0.15, 0.2) is 24.3 Å². The van der Waals surface area contributed by atoms with Gasteiger partial charge >= 0.3 is 0 Å². The van der Waals surface area contributed by atoms with Crippen LogP contribution in [-0.2, 0) is 0 Å². The molecule has 2 aliphatic rings. The number of para-hydroxylation sites is 1. The highest BCUT2D eigenvalue weighted by Gasteiger charge is 2.35. The molecular formula is C11H12N2O. The molecule has 3 rings (SSSR count). The maximum atomic E-state index is 11.7. The lowest BCUT2D eigenvalue weighted by Crippen LogP contribution is -2.40. The van der Waals surface area contributed by atoms with Crippen molar-refractivity contribution in [2.75, 3.05) is 11.4 Å². The minimum atomic E-state index is 0.0462. The molecule has 0 N–H and O–H groups in total. The Hall–Kier alpha value is -1.51. The van der Waals surface area contributed by atoms with Gasteiger partial charge in [0.2, 0.25) is 6.17 Å². The summed E-state index contributed by atoms with van der Waals surface area (Å²) in [5.74, 6) is 0. The molecule has 2 heterocycles. The first kappa shape index (κ1) is 7.85. The van der Waals surface area contributed by atoms with Crippen LogP contribution >= 0.6 is 0 Å². The second kappa shape index (κ2) is 2.74. The Bertz CT molecular complexity index is 400. The Morgan fingerprint density at radius 2 is 2.21 bits per heavy atom. The SMILES string of the molecule is [O-][N+]1=Cc2ccccc2N2CCCC21. The summed E-state index contributed by atoms with van der Waals surface area (Å²) in [5.41, 5.74) is 2.25. The van der Waals surface area contributed by atoms with Gasteiger partial charge in [0.05, 0.1) is 11.3 Å². The zero-order valence-electron chi connectivity index (χ0n) is 7.89. The monoisotopic (exact) mass is 188 g/mol. The van der Waals surface area contributed by atoms with E-state index in [1.165, 1.54) is 5.69 Å². The molecule has 1 aromatic rings. The largest absolute Gasteiger partial charge is 0.622 e. The summed E-state index contributed by atoms with van der Waals surface area (Å²) in [6.45, 7) is 1.01. The smallest absolute Gasteiger partial charge is 0.238 e. The first-order valence-electron chi connectivity index (χ1n) is 5.02. The van der Waals surface area contributed by atoms with Crippen LogP contribution in [0.4, 0.5) is 5.69 Å². The molecule has 1 atom stereocenters. The summed E-state index contributed by atoms with van der Waals surface area (Å²) < 4.78 is 1.09. The van der Waals surface area contributed by atoms with Crippen molar-refractivity contribution < 1.29 is 4.74 Å². The van der Waals surface area contributed by atoms with Gasteiger partial charge in [-0.15, -0.1) is 0 Å². The van der Waals surface area contributed by atoms with E-state index < -0.39 is 0 Å². The highest BCUT2D eigenvalue weighted by molar-refractivity contribution is 5.86. The van der Waals surface area contributed by atoms with Crippen molar-refractivity contribution in [2.45, 2.75) is 19.0 Å². The first-order valence-corrected chi connectivity index (χ1v) is 5.02. The van der Waals surface area contributed by atoms with Crippen molar-refractivity contribution in [1.29, 1.82) is 0 Å². The standard InChI is InChI=1S/C11H12N2O/c14-13-8-9-4-1-2-5-10(9)12-7-3-6-11(12)13/h1-2,4-5,8,11H,3,6-7H2. The Labute approximate surface area is 82.9 Å². The fourth-order valence-corrected chi connectivity index (χ4v) is 2.38. The van der Waals surface area contributed by atoms with Crippen molar-refractivity contribution in [1.82, 2.24) is 0 Å². The Kier molecular flexibility index (Phi) is 1.54. The second-order valence-corrected chi connectivity index (χ2v) is 3.86. The number of rotatable bonds is 0. The van der Waals surface area contributed by atoms with Gasteiger partial charge in [-0.1, -0.05) is 12.1 Å². The molecule has 0 bridgehead atoms. The molecule has 0 spiro atoms. The van der Waals surface area contributed by atoms with Crippen LogP contribution in [0.5, 0.6) is 0 Å². The molecule has 0 aromatic heterocycles. The van der Waals surface area contributed by atoms with Gasteiger partial charge in [0.15, 0.2) is 6.21 Å². The molecule has 1 fully saturated rings. The van der Waals surface area contributed by atoms with Crippen LogP contribution < -0.4 is 4.90 Å². The topological polar surface area (TPSA) is 29.3 Å². The summed E-state index contributed by atoms with van der Waals surface area (Å²) >= 11 is 0. The van der Waals surface area contributed by atoms with E-state index in [4.69, 9.17) is 0 Å². The van der Waals surface area contributed by atoms with Crippen LogP contribution in [-0.4, -0.2) is 23.7 Å². The van der Waals surface area contributed by atoms with Gasteiger partial charge in [-0.05, 0) is 18.6 Å². The van der Waals surface area contributed by atoms with E-state index in [2.05, 4.69) is 11.0 Å². The van der Waals surface area contributed by atoms with Gasteiger partial charge in [0.1, 0.15) is 0 Å². The number of hydrogen-bond acceptors (Lipinski definition) is 2. The number of fused-ring (bicyclic) bond motifs is 3. The van der Waals surface area contributed by atoms with Crippen molar-refractivity contribution in [2.24, 2.45) is 0 Å². The van der Waals surface area contributed by atoms with Crippen molar-refractivity contribution >= 4 is 11.9 Å². The minimum absolute atomic E-state index is 0.0462. The number of hydroxylamine groups is 1. The van der Waals surface area contributed by atoms with Gasteiger partial charge in [-0.25, -0.2) is 0 Å². The lowest BCUT2D eigenvalue weighted by Gasteiger charge is -2.29. The Balaban J connectivity index is 2.16. The number of hydrogen-bond donors (Lipinski definition) is 0. The van der Waals surface area contributed by atoms with E-state index in [-0.39, 0.29) is 6.17 Å². The summed E-state index contributed by atoms with van der Waals surface area (Å²) in [6.07, 6.45) is 3.85. The molecule has 14 heavy (non-hydrogen) atoms. The molecule has 2 aliphatic heterocycles. The quantitative estimate of drug-likeness (QED) is 0.456. The third-order valence-corrected chi connectivity index (χ3v) is 3.03. The summed E-state index contributed by atoms with van der Waals surface area (Å²) in [4.78, 5) is 2.21. The fourth-order valence-electron chi connectivity index (χ4n) is 2.38. The zero-order chi connectivity index (χ0) is 9.54. The van der Waals surface area contributed by atoms with E-state index in [1.807, 2.05) is 18.2 Å². The predicted octanol–water partition coefficient (Wildman–Crippen LogP) is 1.56. The second-order valence-electron chi connectivity index (χ2n) is 3.86. The molecule has 0 saturated carbocycles. The summed E-state index contributed by atoms with van der Waals surface area (Å²) in [7, 11) is 0. The number of benzene rings is 1. The molecule has 1 unspecified atom stereocenters. The highest BCUT2D eigenvalue weighted by Crippen LogP contribution is 2.30. The van der Waals surface area contributed by atoms with Gasteiger partial charge in [0.25, 0.3) is 0 Å². The van der Waals surface area contributed by atoms with Crippen molar-refractivity contribution in [3.63, 3.8) is 0 Å². The van der Waals surface area contributed by atoms with Crippen LogP contribution in [0.3, 0.4) is 0 Å². The van der Waals surface area contributed by atoms with Gasteiger partial charge in [0, 0.05) is 13.0 Å². The maximum absolute atomic E-state index is 11.7. The van der Waals surface area contributed by atoms with Crippen LogP contribution in [0, 0.1) is 5.21 Å². The molecule has 1 aromatic carbocycles. The molecule has 3 nitrogen and oxygen atoms in total. The van der Waals surface area contributed by atoms with Crippen LogP contribution in [0.25, 0.3) is 0 Å². The van der Waals surface area contributed by atoms with E-state index in [1.54, 1.807) is 6.21 Å². The predicted molar refractivity (Wildman–Crippen MR) is 55.6 cm³/mol. The van der Waals surface area contributed by atoms with E-state index in [0.29, 0.717) is 0 Å². The third kappa shape index (κ3) is 0.953. The van der Waals surface area contributed by atoms with Gasteiger partial charge in [-0.2, -0.15) is 4.74 Å². The van der Waals surface area contributed by atoms with Crippen LogP contribution in [0.1, 0.15) is 18.4 Å². The first-order chi connectivity index (χ1) is 6.86. The lowest BCUT2D eigenvalue weighted by molar-refractivity contribution is -0.494. The average molecular weight is 188 g/mol. The number of nitrogens with zero attached hydrogens (tertiary/aromatic N) is 2. The molecule has 0 amide bonds. The number of anilines is 1. The van der Waals surface area contributed by atoms with Crippen LogP contribution in [0.2, 0.25) is 0 Å². The zero-order valence-corrected chi connectivity index (χ0v) is 7.89. The minimum Gasteiger partial charge on any atom is -0.622 e. The van der Waals surface area contributed by atoms with Gasteiger partial charge in [-0.3, -0.25) is 0 Å².